The van der Waals surface area contributed by atoms with Crippen LogP contribution in [0.1, 0.15) is 4.88 Å². The van der Waals surface area contributed by atoms with Gasteiger partial charge >= 0.3 is 0 Å². The van der Waals surface area contributed by atoms with Crippen molar-refractivity contribution in [1.29, 1.82) is 0 Å². The van der Waals surface area contributed by atoms with Crippen LogP contribution < -0.4 is 4.74 Å². The van der Waals surface area contributed by atoms with E-state index < -0.39 is 6.10 Å². The van der Waals surface area contributed by atoms with E-state index in [-0.39, 0.29) is 0 Å². The zero-order valence-electron chi connectivity index (χ0n) is 8.87. The molecule has 0 aliphatic heterocycles. The topological polar surface area (TPSA) is 29.5 Å². The van der Waals surface area contributed by atoms with Crippen LogP contribution in [-0.2, 0) is 6.42 Å². The second-order valence-corrected chi connectivity index (χ2v) is 4.59. The maximum Gasteiger partial charge on any atom is 0.119 e. The van der Waals surface area contributed by atoms with E-state index in [4.69, 9.17) is 4.74 Å². The Balaban J connectivity index is 1.78. The van der Waals surface area contributed by atoms with Gasteiger partial charge in [-0.1, -0.05) is 24.3 Å². The summed E-state index contributed by atoms with van der Waals surface area (Å²) < 4.78 is 5.47. The van der Waals surface area contributed by atoms with Crippen LogP contribution in [0.25, 0.3) is 0 Å². The summed E-state index contributed by atoms with van der Waals surface area (Å²) in [7, 11) is 0. The van der Waals surface area contributed by atoms with Gasteiger partial charge in [0, 0.05) is 11.3 Å². The van der Waals surface area contributed by atoms with E-state index in [1.807, 2.05) is 47.8 Å². The number of rotatable bonds is 5. The molecule has 0 amide bonds. The highest BCUT2D eigenvalue weighted by atomic mass is 32.1. The van der Waals surface area contributed by atoms with Crippen molar-refractivity contribution in [3.05, 3.63) is 52.7 Å². The molecule has 1 N–H and O–H groups in total. The summed E-state index contributed by atoms with van der Waals surface area (Å²) >= 11 is 1.66. The average Bonchev–Trinajstić information content (AvgIpc) is 2.81. The summed E-state index contributed by atoms with van der Waals surface area (Å²) in [6.45, 7) is 0.335. The molecule has 2 nitrogen and oxygen atoms in total. The zero-order valence-corrected chi connectivity index (χ0v) is 9.69. The van der Waals surface area contributed by atoms with E-state index in [1.54, 1.807) is 11.3 Å². The molecule has 3 heteroatoms. The van der Waals surface area contributed by atoms with Gasteiger partial charge in [0.15, 0.2) is 0 Å². The Labute approximate surface area is 99.1 Å². The summed E-state index contributed by atoms with van der Waals surface area (Å²) in [6, 6.07) is 13.6. The van der Waals surface area contributed by atoms with E-state index >= 15 is 0 Å². The Kier molecular flexibility index (Phi) is 3.97. The number of benzene rings is 1. The molecular formula is C13H14O2S. The molecule has 0 radical (unpaired) electrons. The second-order valence-electron chi connectivity index (χ2n) is 3.56. The molecule has 0 spiro atoms. The number of para-hydroxylation sites is 1. The molecule has 0 saturated carbocycles. The van der Waals surface area contributed by atoms with Crippen LogP contribution >= 0.6 is 11.3 Å². The molecule has 84 valence electrons. The van der Waals surface area contributed by atoms with Gasteiger partial charge in [-0.25, -0.2) is 0 Å². The van der Waals surface area contributed by atoms with Gasteiger partial charge in [-0.15, -0.1) is 11.3 Å². The second kappa shape index (κ2) is 5.68. The molecule has 0 aliphatic carbocycles. The molecule has 0 fully saturated rings. The highest BCUT2D eigenvalue weighted by Gasteiger charge is 2.07. The molecule has 2 aromatic rings. The number of hydrogen-bond acceptors (Lipinski definition) is 3. The van der Waals surface area contributed by atoms with Crippen molar-refractivity contribution >= 4 is 11.3 Å². The zero-order chi connectivity index (χ0) is 11.2. The van der Waals surface area contributed by atoms with Gasteiger partial charge in [-0.05, 0) is 23.6 Å². The van der Waals surface area contributed by atoms with Crippen molar-refractivity contribution in [1.82, 2.24) is 0 Å². The highest BCUT2D eigenvalue weighted by molar-refractivity contribution is 7.09. The molecule has 0 saturated heterocycles. The lowest BCUT2D eigenvalue weighted by atomic mass is 10.2. The van der Waals surface area contributed by atoms with Crippen LogP contribution in [-0.4, -0.2) is 17.8 Å². The predicted octanol–water partition coefficient (Wildman–Crippen LogP) is 2.73. The number of aliphatic hydroxyl groups is 1. The lowest BCUT2D eigenvalue weighted by molar-refractivity contribution is 0.108. The van der Waals surface area contributed by atoms with Crippen LogP contribution in [0.4, 0.5) is 0 Å². The standard InChI is InChI=1S/C13H14O2S/c14-11(9-13-7-4-8-16-13)10-15-12-5-2-1-3-6-12/h1-8,11,14H,9-10H2. The van der Waals surface area contributed by atoms with Crippen molar-refractivity contribution in [2.24, 2.45) is 0 Å². The first kappa shape index (κ1) is 11.2. The maximum atomic E-state index is 9.76. The number of hydrogen-bond donors (Lipinski definition) is 1. The van der Waals surface area contributed by atoms with E-state index in [0.717, 1.165) is 5.75 Å². The van der Waals surface area contributed by atoms with Crippen molar-refractivity contribution in [3.8, 4) is 5.75 Å². The van der Waals surface area contributed by atoms with E-state index in [2.05, 4.69) is 0 Å². The lowest BCUT2D eigenvalue weighted by Gasteiger charge is -2.11. The third kappa shape index (κ3) is 3.36. The fraction of sp³-hybridized carbons (Fsp3) is 0.231. The molecule has 1 unspecified atom stereocenters. The fourth-order valence-electron chi connectivity index (χ4n) is 1.43. The summed E-state index contributed by atoms with van der Waals surface area (Å²) in [5.41, 5.74) is 0. The van der Waals surface area contributed by atoms with Crippen molar-refractivity contribution in [2.75, 3.05) is 6.61 Å². The first-order valence-corrected chi connectivity index (χ1v) is 6.11. The average molecular weight is 234 g/mol. The summed E-state index contributed by atoms with van der Waals surface area (Å²) in [5, 5.41) is 11.8. The number of ether oxygens (including phenoxy) is 1. The molecule has 1 aromatic carbocycles. The molecule has 0 bridgehead atoms. The normalized spacial score (nSPS) is 12.3. The third-order valence-electron chi connectivity index (χ3n) is 2.20. The third-order valence-corrected chi connectivity index (χ3v) is 3.10. The fourth-order valence-corrected chi connectivity index (χ4v) is 2.21. The van der Waals surface area contributed by atoms with Crippen LogP contribution in [0.5, 0.6) is 5.75 Å². The van der Waals surface area contributed by atoms with Crippen LogP contribution in [0.3, 0.4) is 0 Å². The minimum atomic E-state index is -0.446. The Bertz CT molecular complexity index is 397. The van der Waals surface area contributed by atoms with Crippen molar-refractivity contribution < 1.29 is 9.84 Å². The molecule has 1 aromatic heterocycles. The van der Waals surface area contributed by atoms with Crippen molar-refractivity contribution in [2.45, 2.75) is 12.5 Å². The minimum absolute atomic E-state index is 0.335. The monoisotopic (exact) mass is 234 g/mol. The molecular weight excluding hydrogens is 220 g/mol. The van der Waals surface area contributed by atoms with Gasteiger partial charge in [0.25, 0.3) is 0 Å². The van der Waals surface area contributed by atoms with Crippen LogP contribution in [0, 0.1) is 0 Å². The van der Waals surface area contributed by atoms with E-state index in [0.29, 0.717) is 13.0 Å². The predicted molar refractivity (Wildman–Crippen MR) is 66.0 cm³/mol. The van der Waals surface area contributed by atoms with Crippen LogP contribution in [0.15, 0.2) is 47.8 Å². The van der Waals surface area contributed by atoms with E-state index in [9.17, 15) is 5.11 Å². The SMILES string of the molecule is OC(COc1ccccc1)Cc1cccs1. The Morgan fingerprint density at radius 1 is 1.12 bits per heavy atom. The van der Waals surface area contributed by atoms with Gasteiger partial charge < -0.3 is 9.84 Å². The number of aliphatic hydroxyl groups excluding tert-OH is 1. The molecule has 0 aliphatic rings. The van der Waals surface area contributed by atoms with Gasteiger partial charge in [-0.2, -0.15) is 0 Å². The van der Waals surface area contributed by atoms with Gasteiger partial charge in [0.1, 0.15) is 12.4 Å². The van der Waals surface area contributed by atoms with Crippen LogP contribution in [0.2, 0.25) is 0 Å². The molecule has 2 rings (SSSR count). The van der Waals surface area contributed by atoms with Gasteiger partial charge in [-0.3, -0.25) is 0 Å². The Morgan fingerprint density at radius 3 is 2.62 bits per heavy atom. The van der Waals surface area contributed by atoms with E-state index in [1.165, 1.54) is 4.88 Å². The van der Waals surface area contributed by atoms with Crippen molar-refractivity contribution in [3.63, 3.8) is 0 Å². The first-order valence-electron chi connectivity index (χ1n) is 5.23. The molecule has 1 atom stereocenters. The highest BCUT2D eigenvalue weighted by Crippen LogP contribution is 2.13. The quantitative estimate of drug-likeness (QED) is 0.862. The molecule has 16 heavy (non-hydrogen) atoms. The smallest absolute Gasteiger partial charge is 0.119 e. The Morgan fingerprint density at radius 2 is 1.94 bits per heavy atom. The lowest BCUT2D eigenvalue weighted by Crippen LogP contribution is -2.19. The maximum absolute atomic E-state index is 9.76. The summed E-state index contributed by atoms with van der Waals surface area (Å²) in [5.74, 6) is 0.799. The molecule has 1 heterocycles. The first-order chi connectivity index (χ1) is 7.84. The minimum Gasteiger partial charge on any atom is -0.491 e. The Hall–Kier alpha value is -1.32. The summed E-state index contributed by atoms with van der Waals surface area (Å²) in [4.78, 5) is 1.18. The van der Waals surface area contributed by atoms with Gasteiger partial charge in [0.2, 0.25) is 0 Å². The summed E-state index contributed by atoms with van der Waals surface area (Å²) in [6.07, 6.45) is 0.212. The van der Waals surface area contributed by atoms with Gasteiger partial charge in [0.05, 0.1) is 6.10 Å². The largest absolute Gasteiger partial charge is 0.491 e. The number of thiophene rings is 1.